The summed E-state index contributed by atoms with van der Waals surface area (Å²) in [5, 5.41) is 14.9. The summed E-state index contributed by atoms with van der Waals surface area (Å²) >= 11 is 0. The molecule has 7 rings (SSSR count). The van der Waals surface area contributed by atoms with Crippen LogP contribution in [-0.4, -0.2) is 48.5 Å². The Morgan fingerprint density at radius 3 is 2.22 bits per heavy atom. The van der Waals surface area contributed by atoms with Gasteiger partial charge >= 0.3 is 0 Å². The van der Waals surface area contributed by atoms with Crippen molar-refractivity contribution in [1.29, 1.82) is 0 Å². The van der Waals surface area contributed by atoms with E-state index in [-0.39, 0.29) is 16.0 Å². The molecule has 0 spiro atoms. The van der Waals surface area contributed by atoms with Crippen molar-refractivity contribution in [3.05, 3.63) is 64.2 Å². The molecular weight excluding hydrogens is 464 g/mol. The predicted molar refractivity (Wildman–Crippen MR) is 146 cm³/mol. The molecule has 2 aromatic rings. The first-order valence-corrected chi connectivity index (χ1v) is 14.1. The summed E-state index contributed by atoms with van der Waals surface area (Å²) in [5.41, 5.74) is 3.10. The highest BCUT2D eigenvalue weighted by Crippen LogP contribution is 2.61. The third-order valence-electron chi connectivity index (χ3n) is 9.44. The lowest BCUT2D eigenvalue weighted by Gasteiger charge is -2.57. The summed E-state index contributed by atoms with van der Waals surface area (Å²) in [7, 11) is 0. The number of carbonyl (C=O) groups excluding carboxylic acids is 1. The van der Waals surface area contributed by atoms with Gasteiger partial charge in [0.2, 0.25) is 5.91 Å². The van der Waals surface area contributed by atoms with Gasteiger partial charge in [0.15, 0.2) is 0 Å². The molecule has 0 radical (unpaired) electrons. The number of nitrogens with zero attached hydrogens (tertiary/aromatic N) is 3. The zero-order valence-electron chi connectivity index (χ0n) is 21.6. The Balaban J connectivity index is 1.06. The van der Waals surface area contributed by atoms with Gasteiger partial charge < -0.3 is 15.1 Å². The fraction of sp³-hybridized carbons (Fsp3) is 0.567. The molecule has 1 saturated heterocycles. The van der Waals surface area contributed by atoms with Crippen LogP contribution in [0.25, 0.3) is 0 Å². The van der Waals surface area contributed by atoms with Crippen molar-refractivity contribution < 1.29 is 9.72 Å². The number of nitrogens with one attached hydrogen (secondary N) is 1. The average Bonchev–Trinajstić information content (AvgIpc) is 2.88. The van der Waals surface area contributed by atoms with Gasteiger partial charge in [0.05, 0.1) is 4.92 Å². The van der Waals surface area contributed by atoms with E-state index in [0.717, 1.165) is 62.5 Å². The molecule has 4 aliphatic carbocycles. The Kier molecular flexibility index (Phi) is 6.55. The van der Waals surface area contributed by atoms with E-state index >= 15 is 0 Å². The topological polar surface area (TPSA) is 78.7 Å². The number of hydrogen-bond donors (Lipinski definition) is 1. The van der Waals surface area contributed by atoms with Crippen molar-refractivity contribution in [2.24, 2.45) is 23.2 Å². The van der Waals surface area contributed by atoms with Gasteiger partial charge in [-0.1, -0.05) is 30.3 Å². The number of piperazine rings is 1. The first-order chi connectivity index (χ1) is 18.0. The number of amides is 1. The van der Waals surface area contributed by atoms with Crippen LogP contribution in [0.1, 0.15) is 50.5 Å². The minimum Gasteiger partial charge on any atom is -0.379 e. The third-order valence-corrected chi connectivity index (χ3v) is 9.44. The van der Waals surface area contributed by atoms with Gasteiger partial charge in [0.25, 0.3) is 5.69 Å². The van der Waals surface area contributed by atoms with Gasteiger partial charge in [-0.2, -0.15) is 0 Å². The van der Waals surface area contributed by atoms with E-state index in [1.807, 2.05) is 30.3 Å². The van der Waals surface area contributed by atoms with Crippen molar-refractivity contribution in [1.82, 2.24) is 4.90 Å². The standard InChI is InChI=1S/C30H38N4O3/c35-29(21-30-18-23-14-24(19-30)16-25(15-23)20-30)33-12-10-32(11-13-33)26-6-7-28(34(36)37)27(17-26)31-9-8-22-4-2-1-3-5-22/h1-7,17,23-25,31H,8-16,18-21H2. The van der Waals surface area contributed by atoms with Crippen LogP contribution in [0.3, 0.4) is 0 Å². The second-order valence-electron chi connectivity index (χ2n) is 12.1. The molecule has 1 aliphatic heterocycles. The molecule has 5 fully saturated rings. The minimum atomic E-state index is -0.324. The number of nitro benzene ring substituents is 1. The van der Waals surface area contributed by atoms with Crippen molar-refractivity contribution in [2.45, 2.75) is 51.4 Å². The Morgan fingerprint density at radius 2 is 1.59 bits per heavy atom. The van der Waals surface area contributed by atoms with Crippen LogP contribution in [0.4, 0.5) is 17.1 Å². The largest absolute Gasteiger partial charge is 0.379 e. The lowest BCUT2D eigenvalue weighted by Crippen LogP contribution is -2.52. The highest BCUT2D eigenvalue weighted by molar-refractivity contribution is 5.77. The van der Waals surface area contributed by atoms with Gasteiger partial charge in [-0.25, -0.2) is 0 Å². The lowest BCUT2D eigenvalue weighted by atomic mass is 9.49. The van der Waals surface area contributed by atoms with Gasteiger partial charge in [-0.05, 0) is 85.8 Å². The normalized spacial score (nSPS) is 28.4. The highest BCUT2D eigenvalue weighted by Gasteiger charge is 2.51. The van der Waals surface area contributed by atoms with Crippen LogP contribution in [0.5, 0.6) is 0 Å². The molecule has 7 nitrogen and oxygen atoms in total. The van der Waals surface area contributed by atoms with Crippen LogP contribution in [-0.2, 0) is 11.2 Å². The maximum atomic E-state index is 13.4. The van der Waals surface area contributed by atoms with Crippen molar-refractivity contribution in [2.75, 3.05) is 42.9 Å². The molecule has 0 atom stereocenters. The number of anilines is 2. The number of benzene rings is 2. The third kappa shape index (κ3) is 5.18. The molecule has 0 aromatic heterocycles. The number of carbonyl (C=O) groups is 1. The maximum Gasteiger partial charge on any atom is 0.292 e. The molecule has 37 heavy (non-hydrogen) atoms. The number of rotatable bonds is 8. The van der Waals surface area contributed by atoms with E-state index in [1.165, 1.54) is 44.1 Å². The van der Waals surface area contributed by atoms with E-state index in [0.29, 0.717) is 18.1 Å². The fourth-order valence-electron chi connectivity index (χ4n) is 8.16. The van der Waals surface area contributed by atoms with Crippen molar-refractivity contribution >= 4 is 23.0 Å². The Labute approximate surface area is 219 Å². The van der Waals surface area contributed by atoms with Crippen LogP contribution in [0, 0.1) is 33.3 Å². The van der Waals surface area contributed by atoms with Gasteiger partial charge in [-0.3, -0.25) is 14.9 Å². The van der Waals surface area contributed by atoms with Crippen molar-refractivity contribution in [3.8, 4) is 0 Å². The monoisotopic (exact) mass is 502 g/mol. The molecule has 5 aliphatic rings. The lowest BCUT2D eigenvalue weighted by molar-refractivity contribution is -0.383. The van der Waals surface area contributed by atoms with E-state index in [1.54, 1.807) is 6.07 Å². The molecular formula is C30H38N4O3. The molecule has 196 valence electrons. The van der Waals surface area contributed by atoms with E-state index in [4.69, 9.17) is 0 Å². The Morgan fingerprint density at radius 1 is 0.946 bits per heavy atom. The van der Waals surface area contributed by atoms with Crippen molar-refractivity contribution in [3.63, 3.8) is 0 Å². The summed E-state index contributed by atoms with van der Waals surface area (Å²) < 4.78 is 0. The molecule has 4 saturated carbocycles. The number of hydrogen-bond acceptors (Lipinski definition) is 5. The van der Waals surface area contributed by atoms with E-state index in [2.05, 4.69) is 27.2 Å². The van der Waals surface area contributed by atoms with Crippen LogP contribution in [0.2, 0.25) is 0 Å². The first-order valence-electron chi connectivity index (χ1n) is 14.1. The average molecular weight is 503 g/mol. The van der Waals surface area contributed by atoms with E-state index < -0.39 is 0 Å². The fourth-order valence-corrected chi connectivity index (χ4v) is 8.16. The minimum absolute atomic E-state index is 0.0983. The predicted octanol–water partition coefficient (Wildman–Crippen LogP) is 5.50. The summed E-state index contributed by atoms with van der Waals surface area (Å²) in [6, 6.07) is 15.5. The summed E-state index contributed by atoms with van der Waals surface area (Å²) in [6.07, 6.45) is 9.57. The van der Waals surface area contributed by atoms with Crippen LogP contribution >= 0.6 is 0 Å². The summed E-state index contributed by atoms with van der Waals surface area (Å²) in [5.74, 6) is 2.95. The van der Waals surface area contributed by atoms with Crippen LogP contribution < -0.4 is 10.2 Å². The molecule has 1 amide bonds. The zero-order valence-corrected chi connectivity index (χ0v) is 21.6. The maximum absolute atomic E-state index is 13.4. The second kappa shape index (κ2) is 9.99. The van der Waals surface area contributed by atoms with Gasteiger partial charge in [0, 0.05) is 50.9 Å². The smallest absolute Gasteiger partial charge is 0.292 e. The SMILES string of the molecule is O=C(CC12CC3CC(CC(C3)C1)C2)N1CCN(c2ccc([N+](=O)[O-])c(NCCc3ccccc3)c2)CC1. The molecule has 7 heteroatoms. The molecule has 2 aromatic carbocycles. The summed E-state index contributed by atoms with van der Waals surface area (Å²) in [4.78, 5) is 29.0. The van der Waals surface area contributed by atoms with E-state index in [9.17, 15) is 14.9 Å². The number of nitro groups is 1. The second-order valence-corrected chi connectivity index (χ2v) is 12.1. The molecule has 0 unspecified atom stereocenters. The highest BCUT2D eigenvalue weighted by atomic mass is 16.6. The quantitative estimate of drug-likeness (QED) is 0.381. The summed E-state index contributed by atoms with van der Waals surface area (Å²) in [6.45, 7) is 3.58. The van der Waals surface area contributed by atoms with Gasteiger partial charge in [0.1, 0.15) is 5.69 Å². The van der Waals surface area contributed by atoms with Gasteiger partial charge in [-0.15, -0.1) is 0 Å². The molecule has 4 bridgehead atoms. The zero-order chi connectivity index (χ0) is 25.4. The Bertz CT molecular complexity index is 1110. The first kappa shape index (κ1) is 24.3. The van der Waals surface area contributed by atoms with Crippen LogP contribution in [0.15, 0.2) is 48.5 Å². The molecule has 1 N–H and O–H groups in total. The molecule has 1 heterocycles. The Hall–Kier alpha value is -3.09.